The Morgan fingerprint density at radius 2 is 1.86 bits per heavy atom. The zero-order valence-electron chi connectivity index (χ0n) is 14.5. The van der Waals surface area contributed by atoms with E-state index in [1.165, 1.54) is 24.5 Å². The van der Waals surface area contributed by atoms with Gasteiger partial charge in [0, 0.05) is 35.2 Å². The second kappa shape index (κ2) is 6.72. The molecule has 0 aliphatic rings. The van der Waals surface area contributed by atoms with Crippen LogP contribution in [0.15, 0.2) is 78.1 Å². The molecule has 0 spiro atoms. The zero-order valence-corrected chi connectivity index (χ0v) is 15.3. The minimum Gasteiger partial charge on any atom is -0.361 e. The molecule has 28 heavy (non-hydrogen) atoms. The van der Waals surface area contributed by atoms with Gasteiger partial charge in [0.15, 0.2) is 0 Å². The molecule has 2 aromatic carbocycles. The van der Waals surface area contributed by atoms with E-state index in [0.29, 0.717) is 11.3 Å². The second-order valence-electron chi connectivity index (χ2n) is 6.11. The van der Waals surface area contributed by atoms with Gasteiger partial charge < -0.3 is 10.3 Å². The molecule has 2 N–H and O–H groups in total. The number of aromatic amines is 1. The Labute approximate surface area is 160 Å². The van der Waals surface area contributed by atoms with Crippen LogP contribution < -0.4 is 5.32 Å². The summed E-state index contributed by atoms with van der Waals surface area (Å²) in [5.74, 6) is -0.445. The van der Waals surface area contributed by atoms with Crippen molar-refractivity contribution in [3.05, 3.63) is 84.3 Å². The minimum absolute atomic E-state index is 0.134. The lowest BCUT2D eigenvalue weighted by molar-refractivity contribution is 0.102. The summed E-state index contributed by atoms with van der Waals surface area (Å²) >= 11 is 0. The number of carbonyl (C=O) groups excluding carboxylic acids is 1. The molecule has 0 bridgehead atoms. The van der Waals surface area contributed by atoms with E-state index < -0.39 is 15.9 Å². The van der Waals surface area contributed by atoms with Crippen LogP contribution in [-0.4, -0.2) is 23.3 Å². The Morgan fingerprint density at radius 3 is 2.61 bits per heavy atom. The number of amides is 1. The highest BCUT2D eigenvalue weighted by molar-refractivity contribution is 7.90. The number of carbonyl (C=O) groups is 1. The van der Waals surface area contributed by atoms with Crippen molar-refractivity contribution in [3.8, 4) is 6.07 Å². The summed E-state index contributed by atoms with van der Waals surface area (Å²) in [5, 5.41) is 12.3. The first-order chi connectivity index (χ1) is 13.5. The molecule has 1 amide bonds. The van der Waals surface area contributed by atoms with Gasteiger partial charge in [-0.1, -0.05) is 0 Å². The summed E-state index contributed by atoms with van der Waals surface area (Å²) in [6, 6.07) is 16.4. The normalized spacial score (nSPS) is 11.2. The van der Waals surface area contributed by atoms with Crippen LogP contribution in [-0.2, 0) is 10.0 Å². The number of nitrogens with one attached hydrogen (secondary N) is 2. The van der Waals surface area contributed by atoms with Gasteiger partial charge in [0.2, 0.25) is 0 Å². The Morgan fingerprint density at radius 1 is 1.07 bits per heavy atom. The third-order valence-corrected chi connectivity index (χ3v) is 5.93. The van der Waals surface area contributed by atoms with E-state index in [9.17, 15) is 13.2 Å². The first-order valence-corrected chi connectivity index (χ1v) is 9.73. The lowest BCUT2D eigenvalue weighted by Gasteiger charge is -2.06. The van der Waals surface area contributed by atoms with Crippen molar-refractivity contribution < 1.29 is 13.2 Å². The van der Waals surface area contributed by atoms with Gasteiger partial charge in [-0.2, -0.15) is 5.26 Å². The van der Waals surface area contributed by atoms with Gasteiger partial charge in [-0.25, -0.2) is 12.4 Å². The van der Waals surface area contributed by atoms with Crippen molar-refractivity contribution in [2.24, 2.45) is 0 Å². The number of aromatic nitrogens is 2. The summed E-state index contributed by atoms with van der Waals surface area (Å²) in [5.41, 5.74) is 2.04. The molecular weight excluding hydrogens is 376 g/mol. The first-order valence-electron chi connectivity index (χ1n) is 8.29. The number of hydrogen-bond donors (Lipinski definition) is 2. The largest absolute Gasteiger partial charge is 0.361 e. The third-order valence-electron chi connectivity index (χ3n) is 4.30. The highest BCUT2D eigenvalue weighted by Crippen LogP contribution is 2.21. The Bertz CT molecular complexity index is 1330. The molecule has 2 aromatic heterocycles. The number of nitriles is 1. The van der Waals surface area contributed by atoms with Crippen molar-refractivity contribution >= 4 is 32.5 Å². The van der Waals surface area contributed by atoms with E-state index in [1.54, 1.807) is 48.7 Å². The van der Waals surface area contributed by atoms with Crippen molar-refractivity contribution in [1.82, 2.24) is 8.96 Å². The molecule has 4 aromatic rings. The summed E-state index contributed by atoms with van der Waals surface area (Å²) in [6.45, 7) is 0. The number of H-pyrrole nitrogens is 1. The van der Waals surface area contributed by atoms with E-state index in [0.717, 1.165) is 14.9 Å². The van der Waals surface area contributed by atoms with Gasteiger partial charge in [0.05, 0.1) is 22.1 Å². The maximum atomic E-state index is 12.9. The molecule has 2 heterocycles. The monoisotopic (exact) mass is 390 g/mol. The van der Waals surface area contributed by atoms with Crippen LogP contribution in [0.3, 0.4) is 0 Å². The van der Waals surface area contributed by atoms with Crippen molar-refractivity contribution in [1.29, 1.82) is 5.26 Å². The summed E-state index contributed by atoms with van der Waals surface area (Å²) < 4.78 is 26.7. The van der Waals surface area contributed by atoms with E-state index in [-0.39, 0.29) is 10.5 Å². The number of rotatable bonds is 4. The molecule has 0 aliphatic heterocycles. The number of nitrogens with zero attached hydrogens (tertiary/aromatic N) is 2. The molecule has 0 fully saturated rings. The highest BCUT2D eigenvalue weighted by Gasteiger charge is 2.19. The molecule has 0 atom stereocenters. The first kappa shape index (κ1) is 17.6. The highest BCUT2D eigenvalue weighted by atomic mass is 32.2. The zero-order chi connectivity index (χ0) is 19.7. The Balaban J connectivity index is 1.58. The molecule has 8 heteroatoms. The minimum atomic E-state index is -3.82. The van der Waals surface area contributed by atoms with Crippen molar-refractivity contribution in [3.63, 3.8) is 0 Å². The molecular formula is C20H14N4O3S. The molecule has 7 nitrogen and oxygen atoms in total. The standard InChI is InChI=1S/C20H14N4O3S/c21-12-14-1-3-17(4-2-14)23-20(25)16-8-10-24(13-16)28(26,27)18-5-6-19-15(11-18)7-9-22-19/h1-11,13,22H,(H,23,25). The lowest BCUT2D eigenvalue weighted by atomic mass is 10.2. The number of fused-ring (bicyclic) bond motifs is 1. The van der Waals surface area contributed by atoms with Crippen LogP contribution in [0.5, 0.6) is 0 Å². The van der Waals surface area contributed by atoms with E-state index in [1.807, 2.05) is 6.07 Å². The molecule has 0 saturated carbocycles. The van der Waals surface area contributed by atoms with Gasteiger partial charge >= 0.3 is 0 Å². The quantitative estimate of drug-likeness (QED) is 0.557. The third kappa shape index (κ3) is 3.15. The summed E-state index contributed by atoms with van der Waals surface area (Å²) in [4.78, 5) is 15.5. The average Bonchev–Trinajstić information content (AvgIpc) is 3.38. The van der Waals surface area contributed by atoms with Gasteiger partial charge in [-0.15, -0.1) is 0 Å². The van der Waals surface area contributed by atoms with Crippen molar-refractivity contribution in [2.75, 3.05) is 5.32 Å². The number of benzene rings is 2. The fourth-order valence-corrected chi connectivity index (χ4v) is 4.04. The van der Waals surface area contributed by atoms with Gasteiger partial charge in [0.25, 0.3) is 15.9 Å². The second-order valence-corrected chi connectivity index (χ2v) is 7.95. The van der Waals surface area contributed by atoms with Gasteiger partial charge in [-0.05, 0) is 54.6 Å². The van der Waals surface area contributed by atoms with Crippen LogP contribution in [0.1, 0.15) is 15.9 Å². The smallest absolute Gasteiger partial charge is 0.267 e. The molecule has 0 aliphatic carbocycles. The van der Waals surface area contributed by atoms with E-state index in [2.05, 4.69) is 10.3 Å². The number of anilines is 1. The molecule has 0 saturated heterocycles. The molecule has 0 radical (unpaired) electrons. The van der Waals surface area contributed by atoms with Crippen LogP contribution >= 0.6 is 0 Å². The topological polar surface area (TPSA) is 108 Å². The fraction of sp³-hybridized carbons (Fsp3) is 0. The van der Waals surface area contributed by atoms with Crippen LogP contribution in [0.2, 0.25) is 0 Å². The van der Waals surface area contributed by atoms with Gasteiger partial charge in [0.1, 0.15) is 0 Å². The average molecular weight is 390 g/mol. The van der Waals surface area contributed by atoms with Crippen molar-refractivity contribution in [2.45, 2.75) is 4.90 Å². The lowest BCUT2D eigenvalue weighted by Crippen LogP contribution is -2.13. The van der Waals surface area contributed by atoms with Crippen LogP contribution in [0.25, 0.3) is 10.9 Å². The molecule has 4 rings (SSSR count). The van der Waals surface area contributed by atoms with Crippen LogP contribution in [0, 0.1) is 11.3 Å². The Hall–Kier alpha value is -3.83. The predicted octanol–water partition coefficient (Wildman–Crippen LogP) is 3.33. The van der Waals surface area contributed by atoms with E-state index >= 15 is 0 Å². The molecule has 138 valence electrons. The SMILES string of the molecule is N#Cc1ccc(NC(=O)c2ccn(S(=O)(=O)c3ccc4[nH]ccc4c3)c2)cc1. The Kier molecular flexibility index (Phi) is 4.22. The number of hydrogen-bond acceptors (Lipinski definition) is 4. The fourth-order valence-electron chi connectivity index (χ4n) is 2.81. The van der Waals surface area contributed by atoms with E-state index in [4.69, 9.17) is 5.26 Å². The molecule has 0 unspecified atom stereocenters. The maximum Gasteiger partial charge on any atom is 0.267 e. The summed E-state index contributed by atoms with van der Waals surface area (Å²) in [7, 11) is -3.82. The van der Waals surface area contributed by atoms with Gasteiger partial charge in [-0.3, -0.25) is 4.79 Å². The predicted molar refractivity (Wildman–Crippen MR) is 104 cm³/mol. The maximum absolute atomic E-state index is 12.9. The van der Waals surface area contributed by atoms with Crippen LogP contribution in [0.4, 0.5) is 5.69 Å². The summed E-state index contributed by atoms with van der Waals surface area (Å²) in [6.07, 6.45) is 4.35.